The average molecular weight is 765 g/mol. The highest BCUT2D eigenvalue weighted by molar-refractivity contribution is 5.72. The number of fused-ring (bicyclic) bond motifs is 2. The van der Waals surface area contributed by atoms with E-state index in [0.29, 0.717) is 0 Å². The molecule has 4 saturated heterocycles. The Bertz CT molecular complexity index is 1530. The fourth-order valence-electron chi connectivity index (χ4n) is 6.91. The Morgan fingerprint density at radius 3 is 1.22 bits per heavy atom. The van der Waals surface area contributed by atoms with Crippen molar-refractivity contribution in [1.82, 2.24) is 19.6 Å². The second kappa shape index (κ2) is 15.5. The van der Waals surface area contributed by atoms with Crippen LogP contribution in [0.15, 0.2) is 60.7 Å². The van der Waals surface area contributed by atoms with Gasteiger partial charge in [-0.1, -0.05) is 60.7 Å². The summed E-state index contributed by atoms with van der Waals surface area (Å²) in [6.45, 7) is 8.63. The van der Waals surface area contributed by atoms with Gasteiger partial charge >= 0.3 is 24.4 Å². The topological polar surface area (TPSA) is 118 Å². The number of hydrogen-bond acceptors (Lipinski definition) is 8. The van der Waals surface area contributed by atoms with Gasteiger partial charge in [-0.2, -0.15) is 0 Å². The minimum Gasteiger partial charge on any atom is -0.445 e. The molecule has 0 aromatic heterocycles. The molecule has 4 aliphatic heterocycles. The fourth-order valence-corrected chi connectivity index (χ4v) is 6.91. The first-order chi connectivity index (χ1) is 25.1. The molecule has 6 rings (SSSR count). The van der Waals surface area contributed by atoms with Crippen molar-refractivity contribution in [2.75, 3.05) is 39.3 Å². The van der Waals surface area contributed by atoms with E-state index in [4.69, 9.17) is 18.9 Å². The average Bonchev–Trinajstić information content (AvgIpc) is 3.84. The van der Waals surface area contributed by atoms with Gasteiger partial charge in [0.15, 0.2) is 0 Å². The molecule has 0 bridgehead atoms. The summed E-state index contributed by atoms with van der Waals surface area (Å²) in [6.07, 6.45) is -2.88. The third kappa shape index (κ3) is 9.85. The molecule has 0 aliphatic carbocycles. The van der Waals surface area contributed by atoms with E-state index < -0.39 is 84.4 Å². The number of hydrogen-bond donors (Lipinski definition) is 0. The van der Waals surface area contributed by atoms with Crippen LogP contribution in [0, 0.1) is 11.8 Å². The summed E-state index contributed by atoms with van der Waals surface area (Å²) in [5, 5.41) is 0. The summed E-state index contributed by atoms with van der Waals surface area (Å²) in [5.41, 5.74) is 0.113. The molecular weight excluding hydrogens is 716 g/mol. The second-order valence-electron chi connectivity index (χ2n) is 16.0. The van der Waals surface area contributed by atoms with E-state index in [9.17, 15) is 36.7 Å². The summed E-state index contributed by atoms with van der Waals surface area (Å²) in [6, 6.07) is 16.5. The van der Waals surface area contributed by atoms with Gasteiger partial charge in [0.1, 0.15) is 24.4 Å². The largest absolute Gasteiger partial charge is 0.445 e. The lowest BCUT2D eigenvalue weighted by Gasteiger charge is -2.27. The maximum atomic E-state index is 14.4. The van der Waals surface area contributed by atoms with Gasteiger partial charge < -0.3 is 28.7 Å². The lowest BCUT2D eigenvalue weighted by atomic mass is 10.0. The molecule has 4 heterocycles. The number of halogens is 4. The number of benzene rings is 2. The molecule has 4 fully saturated rings. The minimum atomic E-state index is -3.08. The molecule has 54 heavy (non-hydrogen) atoms. The van der Waals surface area contributed by atoms with Crippen LogP contribution in [0.2, 0.25) is 0 Å². The molecule has 4 aliphatic rings. The van der Waals surface area contributed by atoms with Crippen LogP contribution in [-0.2, 0) is 32.2 Å². The SMILES string of the molecule is CC(C)(C)OC(=O)N1C[C@@H]2[C@H](C1)C(F)(F)CN2C(=O)OCc1ccccc1.CC(C)(C)OC(=O)N1C[C@@H]2[C@H](C1)N(C(=O)OCc1ccccc1)CC2(F)F. The molecule has 0 unspecified atom stereocenters. The Balaban J connectivity index is 0.000000208. The molecule has 0 N–H and O–H groups in total. The van der Waals surface area contributed by atoms with Gasteiger partial charge in [-0.15, -0.1) is 0 Å². The van der Waals surface area contributed by atoms with Crippen LogP contribution in [0.3, 0.4) is 0 Å². The second-order valence-corrected chi connectivity index (χ2v) is 16.0. The molecular formula is C38H48F4N4O8. The van der Waals surface area contributed by atoms with Gasteiger partial charge in [0.25, 0.3) is 11.8 Å². The van der Waals surface area contributed by atoms with Gasteiger partial charge in [0.05, 0.1) is 37.0 Å². The van der Waals surface area contributed by atoms with Crippen molar-refractivity contribution in [3.05, 3.63) is 71.8 Å². The van der Waals surface area contributed by atoms with E-state index in [2.05, 4.69) is 0 Å². The summed E-state index contributed by atoms with van der Waals surface area (Å²) in [7, 11) is 0. The summed E-state index contributed by atoms with van der Waals surface area (Å²) >= 11 is 0. The Morgan fingerprint density at radius 1 is 0.574 bits per heavy atom. The van der Waals surface area contributed by atoms with Crippen molar-refractivity contribution in [3.63, 3.8) is 0 Å². The number of nitrogens with zero attached hydrogens (tertiary/aromatic N) is 4. The molecule has 0 saturated carbocycles. The number of carbonyl (C=O) groups is 4. The van der Waals surface area contributed by atoms with Gasteiger partial charge in [-0.3, -0.25) is 9.80 Å². The summed E-state index contributed by atoms with van der Waals surface area (Å²) in [4.78, 5) is 53.8. The highest BCUT2D eigenvalue weighted by Crippen LogP contribution is 2.44. The van der Waals surface area contributed by atoms with Gasteiger partial charge in [0, 0.05) is 26.2 Å². The molecule has 12 nitrogen and oxygen atoms in total. The zero-order valence-corrected chi connectivity index (χ0v) is 31.3. The smallest absolute Gasteiger partial charge is 0.410 e. The number of amides is 4. The molecule has 0 radical (unpaired) electrons. The van der Waals surface area contributed by atoms with Crippen LogP contribution in [0.1, 0.15) is 52.7 Å². The van der Waals surface area contributed by atoms with Crippen molar-refractivity contribution >= 4 is 24.4 Å². The fraction of sp³-hybridized carbons (Fsp3) is 0.579. The first kappa shape index (κ1) is 40.4. The summed E-state index contributed by atoms with van der Waals surface area (Å²) < 4.78 is 78.6. The predicted molar refractivity (Wildman–Crippen MR) is 187 cm³/mol. The Hall–Kier alpha value is -4.76. The van der Waals surface area contributed by atoms with Crippen LogP contribution in [0.5, 0.6) is 0 Å². The Morgan fingerprint density at radius 2 is 0.907 bits per heavy atom. The third-order valence-electron chi connectivity index (χ3n) is 9.41. The minimum absolute atomic E-state index is 0.00884. The van der Waals surface area contributed by atoms with E-state index in [1.54, 1.807) is 90.1 Å². The lowest BCUT2D eigenvalue weighted by Crippen LogP contribution is -2.43. The monoisotopic (exact) mass is 764 g/mol. The Kier molecular flexibility index (Phi) is 11.6. The standard InChI is InChI=1S/2C19H24F2N2O4/c2*1-18(2,3)27-16(24)22-9-14-15(10-22)23(12-19(14,20)21)17(25)26-11-13-7-5-4-6-8-13/h2*4-8,14-15H,9-12H2,1-3H3/t2*14-,15+/m10/s1. The number of alkyl halides is 4. The van der Waals surface area contributed by atoms with E-state index in [0.717, 1.165) is 20.9 Å². The first-order valence-electron chi connectivity index (χ1n) is 17.8. The quantitative estimate of drug-likeness (QED) is 0.241. The van der Waals surface area contributed by atoms with Crippen molar-refractivity contribution < 1.29 is 55.7 Å². The Labute approximate surface area is 312 Å². The van der Waals surface area contributed by atoms with Crippen molar-refractivity contribution in [2.24, 2.45) is 11.8 Å². The highest BCUT2D eigenvalue weighted by atomic mass is 19.3. The zero-order chi connectivity index (χ0) is 39.6. The maximum Gasteiger partial charge on any atom is 0.410 e. The third-order valence-corrected chi connectivity index (χ3v) is 9.41. The van der Waals surface area contributed by atoms with E-state index in [1.807, 2.05) is 12.1 Å². The first-order valence-corrected chi connectivity index (χ1v) is 17.8. The lowest BCUT2D eigenvalue weighted by molar-refractivity contribution is -0.0328. The van der Waals surface area contributed by atoms with Crippen LogP contribution in [0.4, 0.5) is 36.7 Å². The number of carbonyl (C=O) groups excluding carboxylic acids is 4. The molecule has 0 spiro atoms. The van der Waals surface area contributed by atoms with Crippen LogP contribution in [-0.4, -0.2) is 118 Å². The number of rotatable bonds is 4. The van der Waals surface area contributed by atoms with Crippen molar-refractivity contribution in [3.8, 4) is 0 Å². The van der Waals surface area contributed by atoms with E-state index in [1.165, 1.54) is 9.80 Å². The van der Waals surface area contributed by atoms with Gasteiger partial charge in [-0.05, 0) is 52.7 Å². The van der Waals surface area contributed by atoms with E-state index >= 15 is 0 Å². The van der Waals surface area contributed by atoms with Crippen molar-refractivity contribution in [1.29, 1.82) is 0 Å². The molecule has 4 amide bonds. The van der Waals surface area contributed by atoms with Crippen LogP contribution < -0.4 is 0 Å². The van der Waals surface area contributed by atoms with Crippen LogP contribution >= 0.6 is 0 Å². The molecule has 296 valence electrons. The summed E-state index contributed by atoms with van der Waals surface area (Å²) in [5.74, 6) is -8.39. The van der Waals surface area contributed by atoms with Gasteiger partial charge in [0.2, 0.25) is 0 Å². The van der Waals surface area contributed by atoms with Crippen LogP contribution in [0.25, 0.3) is 0 Å². The number of likely N-dealkylation sites (tertiary alicyclic amines) is 4. The molecule has 4 atom stereocenters. The zero-order valence-electron chi connectivity index (χ0n) is 31.3. The number of ether oxygens (including phenoxy) is 4. The maximum absolute atomic E-state index is 14.4. The van der Waals surface area contributed by atoms with Crippen molar-refractivity contribution in [2.45, 2.75) is 89.9 Å². The predicted octanol–water partition coefficient (Wildman–Crippen LogP) is 7.02. The molecule has 2 aromatic carbocycles. The molecule has 2 aromatic rings. The van der Waals surface area contributed by atoms with E-state index in [-0.39, 0.29) is 39.4 Å². The highest BCUT2D eigenvalue weighted by Gasteiger charge is 2.62. The molecule has 16 heteroatoms. The van der Waals surface area contributed by atoms with Gasteiger partial charge in [-0.25, -0.2) is 36.7 Å². The normalized spacial score (nSPS) is 23.9.